The van der Waals surface area contributed by atoms with Gasteiger partial charge in [-0.2, -0.15) is 0 Å². The highest BCUT2D eigenvalue weighted by atomic mass is 35.5. The highest BCUT2D eigenvalue weighted by Crippen LogP contribution is 2.34. The van der Waals surface area contributed by atoms with Gasteiger partial charge in [-0.05, 0) is 43.2 Å². The number of hydrogen-bond donors (Lipinski definition) is 0. The second-order valence-electron chi connectivity index (χ2n) is 6.45. The van der Waals surface area contributed by atoms with Crippen molar-refractivity contribution >= 4 is 17.4 Å². The van der Waals surface area contributed by atoms with Gasteiger partial charge < -0.3 is 4.90 Å². The molecular formula is C20H17ClF2N4. The SMILES string of the molecule is Fc1ccc(-c2ncc(N3CCC(F)CC3)nc2-c2ccncc2Cl)cc1. The maximum Gasteiger partial charge on any atom is 0.147 e. The summed E-state index contributed by atoms with van der Waals surface area (Å²) in [7, 11) is 0. The van der Waals surface area contributed by atoms with E-state index in [1.807, 2.05) is 4.90 Å². The summed E-state index contributed by atoms with van der Waals surface area (Å²) in [5.74, 6) is 0.358. The second kappa shape index (κ2) is 7.56. The maximum atomic E-state index is 13.5. The van der Waals surface area contributed by atoms with Crippen LogP contribution in [0.4, 0.5) is 14.6 Å². The van der Waals surface area contributed by atoms with Crippen LogP contribution in [0.3, 0.4) is 0 Å². The fraction of sp³-hybridized carbons (Fsp3) is 0.250. The van der Waals surface area contributed by atoms with Crippen LogP contribution < -0.4 is 4.90 Å². The molecule has 1 saturated heterocycles. The van der Waals surface area contributed by atoms with Gasteiger partial charge in [0, 0.05) is 36.6 Å². The summed E-state index contributed by atoms with van der Waals surface area (Å²) in [5, 5.41) is 0.453. The van der Waals surface area contributed by atoms with Crippen LogP contribution in [0.2, 0.25) is 5.02 Å². The van der Waals surface area contributed by atoms with Crippen molar-refractivity contribution in [1.82, 2.24) is 15.0 Å². The lowest BCUT2D eigenvalue weighted by Crippen LogP contribution is -2.35. The molecule has 2 aromatic heterocycles. The lowest BCUT2D eigenvalue weighted by atomic mass is 10.0. The molecule has 1 aliphatic heterocycles. The third-order valence-corrected chi connectivity index (χ3v) is 4.95. The van der Waals surface area contributed by atoms with Crippen LogP contribution in [0.25, 0.3) is 22.5 Å². The number of rotatable bonds is 3. The van der Waals surface area contributed by atoms with E-state index in [1.54, 1.807) is 36.8 Å². The quantitative estimate of drug-likeness (QED) is 0.639. The Labute approximate surface area is 160 Å². The van der Waals surface area contributed by atoms with Gasteiger partial charge in [0.25, 0.3) is 0 Å². The average molecular weight is 387 g/mol. The Bertz CT molecular complexity index is 941. The first kappa shape index (κ1) is 17.8. The summed E-state index contributed by atoms with van der Waals surface area (Å²) in [6, 6.07) is 7.86. The molecule has 0 aliphatic carbocycles. The van der Waals surface area contributed by atoms with Crippen molar-refractivity contribution in [3.8, 4) is 22.5 Å². The Balaban J connectivity index is 1.81. The molecule has 4 rings (SSSR count). The molecule has 7 heteroatoms. The lowest BCUT2D eigenvalue weighted by molar-refractivity contribution is 0.276. The third-order valence-electron chi connectivity index (χ3n) is 4.65. The van der Waals surface area contributed by atoms with Crippen LogP contribution in [0.1, 0.15) is 12.8 Å². The molecule has 0 unspecified atom stereocenters. The number of benzene rings is 1. The fourth-order valence-electron chi connectivity index (χ4n) is 3.18. The number of nitrogens with zero attached hydrogens (tertiary/aromatic N) is 4. The number of halogens is 3. The van der Waals surface area contributed by atoms with Gasteiger partial charge in [0.15, 0.2) is 0 Å². The summed E-state index contributed by atoms with van der Waals surface area (Å²) >= 11 is 6.35. The minimum Gasteiger partial charge on any atom is -0.355 e. The van der Waals surface area contributed by atoms with E-state index >= 15 is 0 Å². The topological polar surface area (TPSA) is 41.9 Å². The molecule has 0 bridgehead atoms. The van der Waals surface area contributed by atoms with Crippen LogP contribution >= 0.6 is 11.6 Å². The Morgan fingerprint density at radius 1 is 1.00 bits per heavy atom. The minimum absolute atomic E-state index is 0.319. The van der Waals surface area contributed by atoms with E-state index < -0.39 is 6.17 Å². The van der Waals surface area contributed by atoms with Crippen molar-refractivity contribution in [2.45, 2.75) is 19.0 Å². The molecule has 0 saturated carbocycles. The van der Waals surface area contributed by atoms with Crippen LogP contribution in [0, 0.1) is 5.82 Å². The molecule has 0 spiro atoms. The molecule has 0 amide bonds. The van der Waals surface area contributed by atoms with E-state index in [4.69, 9.17) is 16.6 Å². The Kier molecular flexibility index (Phi) is 4.99. The number of alkyl halides is 1. The van der Waals surface area contributed by atoms with Crippen molar-refractivity contribution in [3.05, 3.63) is 59.8 Å². The molecule has 0 radical (unpaired) electrons. The highest BCUT2D eigenvalue weighted by Gasteiger charge is 2.22. The zero-order valence-corrected chi connectivity index (χ0v) is 15.2. The summed E-state index contributed by atoms with van der Waals surface area (Å²) in [5.41, 5.74) is 2.63. The molecule has 3 aromatic rings. The second-order valence-corrected chi connectivity index (χ2v) is 6.86. The minimum atomic E-state index is -0.762. The largest absolute Gasteiger partial charge is 0.355 e. The van der Waals surface area contributed by atoms with Gasteiger partial charge in [-0.25, -0.2) is 13.8 Å². The molecule has 1 fully saturated rings. The van der Waals surface area contributed by atoms with Crippen molar-refractivity contribution in [1.29, 1.82) is 0 Å². The number of aromatic nitrogens is 3. The van der Waals surface area contributed by atoms with Gasteiger partial charge in [0.1, 0.15) is 23.5 Å². The van der Waals surface area contributed by atoms with E-state index in [-0.39, 0.29) is 5.82 Å². The molecule has 27 heavy (non-hydrogen) atoms. The van der Waals surface area contributed by atoms with Crippen molar-refractivity contribution in [3.63, 3.8) is 0 Å². The molecule has 1 aliphatic rings. The van der Waals surface area contributed by atoms with E-state index in [2.05, 4.69) is 9.97 Å². The van der Waals surface area contributed by atoms with Gasteiger partial charge in [0.2, 0.25) is 0 Å². The van der Waals surface area contributed by atoms with E-state index in [0.717, 1.165) is 5.56 Å². The molecule has 138 valence electrons. The Morgan fingerprint density at radius 3 is 2.44 bits per heavy atom. The Hall–Kier alpha value is -2.60. The van der Waals surface area contributed by atoms with Crippen LogP contribution in [-0.4, -0.2) is 34.2 Å². The number of piperidine rings is 1. The standard InChI is InChI=1S/C20H17ClF2N4/c21-17-11-24-8-5-16(17)20-19(13-1-3-14(22)4-2-13)25-12-18(26-20)27-9-6-15(23)7-10-27/h1-5,8,11-12,15H,6-7,9-10H2. The van der Waals surface area contributed by atoms with E-state index in [0.29, 0.717) is 53.7 Å². The highest BCUT2D eigenvalue weighted by molar-refractivity contribution is 6.33. The van der Waals surface area contributed by atoms with Gasteiger partial charge in [-0.15, -0.1) is 0 Å². The summed E-state index contributed by atoms with van der Waals surface area (Å²) in [4.78, 5) is 15.4. The predicted molar refractivity (Wildman–Crippen MR) is 102 cm³/mol. The summed E-state index contributed by atoms with van der Waals surface area (Å²) in [6.45, 7) is 1.19. The van der Waals surface area contributed by atoms with Gasteiger partial charge >= 0.3 is 0 Å². The number of hydrogen-bond acceptors (Lipinski definition) is 4. The van der Waals surface area contributed by atoms with Crippen LogP contribution in [0.15, 0.2) is 48.9 Å². The molecule has 3 heterocycles. The van der Waals surface area contributed by atoms with Crippen LogP contribution in [0.5, 0.6) is 0 Å². The maximum absolute atomic E-state index is 13.5. The zero-order chi connectivity index (χ0) is 18.8. The lowest BCUT2D eigenvalue weighted by Gasteiger charge is -2.29. The van der Waals surface area contributed by atoms with Gasteiger partial charge in [-0.3, -0.25) is 9.97 Å². The van der Waals surface area contributed by atoms with Crippen molar-refractivity contribution < 1.29 is 8.78 Å². The van der Waals surface area contributed by atoms with Crippen molar-refractivity contribution in [2.24, 2.45) is 0 Å². The smallest absolute Gasteiger partial charge is 0.147 e. The van der Waals surface area contributed by atoms with E-state index in [1.165, 1.54) is 12.1 Å². The number of anilines is 1. The first-order valence-corrected chi connectivity index (χ1v) is 9.11. The Morgan fingerprint density at radius 2 is 1.74 bits per heavy atom. The summed E-state index contributed by atoms with van der Waals surface area (Å²) in [6.07, 6.45) is 5.06. The first-order valence-electron chi connectivity index (χ1n) is 8.73. The normalized spacial score (nSPS) is 15.1. The van der Waals surface area contributed by atoms with E-state index in [9.17, 15) is 8.78 Å². The molecule has 4 nitrogen and oxygen atoms in total. The first-order chi connectivity index (χ1) is 13.1. The predicted octanol–water partition coefficient (Wildman–Crippen LogP) is 4.94. The fourth-order valence-corrected chi connectivity index (χ4v) is 3.39. The average Bonchev–Trinajstić information content (AvgIpc) is 2.69. The zero-order valence-electron chi connectivity index (χ0n) is 14.4. The number of pyridine rings is 1. The molecule has 0 N–H and O–H groups in total. The van der Waals surface area contributed by atoms with Gasteiger partial charge in [0.05, 0.1) is 16.9 Å². The monoisotopic (exact) mass is 386 g/mol. The van der Waals surface area contributed by atoms with Crippen LogP contribution in [-0.2, 0) is 0 Å². The molecule has 0 atom stereocenters. The summed E-state index contributed by atoms with van der Waals surface area (Å²) < 4.78 is 26.8. The van der Waals surface area contributed by atoms with Crippen molar-refractivity contribution in [2.75, 3.05) is 18.0 Å². The molecule has 1 aromatic carbocycles. The molecular weight excluding hydrogens is 370 g/mol. The third kappa shape index (κ3) is 3.76. The van der Waals surface area contributed by atoms with Gasteiger partial charge in [-0.1, -0.05) is 11.6 Å².